The molecule has 2 aromatic carbocycles. The lowest BCUT2D eigenvalue weighted by Crippen LogP contribution is -2.56. The Hall–Kier alpha value is -2.39. The van der Waals surface area contributed by atoms with E-state index in [1.807, 2.05) is 30.3 Å². The second-order valence-corrected chi connectivity index (χ2v) is 11.6. The van der Waals surface area contributed by atoms with Crippen molar-refractivity contribution in [1.29, 1.82) is 0 Å². The Morgan fingerprint density at radius 1 is 1.06 bits per heavy atom. The molecule has 0 saturated carbocycles. The Kier molecular flexibility index (Phi) is 7.24. The minimum absolute atomic E-state index is 0.0316. The number of carbonyl (C=O) groups excluding carboxylic acids is 1. The predicted octanol–water partition coefficient (Wildman–Crippen LogP) is 3.87. The third-order valence-electron chi connectivity index (χ3n) is 6.69. The number of piperidine rings is 1. The summed E-state index contributed by atoms with van der Waals surface area (Å²) in [6.07, 6.45) is -3.43. The molecule has 1 amide bonds. The summed E-state index contributed by atoms with van der Waals surface area (Å²) in [6.45, 7) is 3.94. The molecular weight excluding hydrogens is 453 g/mol. The van der Waals surface area contributed by atoms with Gasteiger partial charge in [0.05, 0.1) is 21.6 Å². The van der Waals surface area contributed by atoms with Gasteiger partial charge in [0.2, 0.25) is 5.91 Å². The minimum Gasteiger partial charge on any atom is -0.351 e. The normalized spacial score (nSPS) is 17.1. The van der Waals surface area contributed by atoms with Gasteiger partial charge in [0, 0.05) is 18.7 Å². The van der Waals surface area contributed by atoms with Crippen molar-refractivity contribution in [3.05, 3.63) is 65.7 Å². The first-order valence-corrected chi connectivity index (χ1v) is 12.4. The number of halogens is 3. The second-order valence-electron chi connectivity index (χ2n) is 9.10. The first-order valence-electron chi connectivity index (χ1n) is 10.9. The highest BCUT2D eigenvalue weighted by Gasteiger charge is 2.45. The van der Waals surface area contributed by atoms with Crippen molar-refractivity contribution in [2.24, 2.45) is 5.92 Å². The van der Waals surface area contributed by atoms with Gasteiger partial charge in [-0.25, -0.2) is 8.42 Å². The number of nitrogens with zero attached hydrogens (tertiary/aromatic N) is 1. The van der Waals surface area contributed by atoms with E-state index < -0.39 is 26.3 Å². The molecule has 1 heterocycles. The minimum atomic E-state index is -4.62. The first kappa shape index (κ1) is 25.2. The molecule has 0 aliphatic carbocycles. The van der Waals surface area contributed by atoms with Gasteiger partial charge >= 0.3 is 6.18 Å². The second kappa shape index (κ2) is 9.46. The fourth-order valence-electron chi connectivity index (χ4n) is 4.37. The monoisotopic (exact) mass is 483 g/mol. The maximum Gasteiger partial charge on any atom is 0.416 e. The van der Waals surface area contributed by atoms with Crippen LogP contribution in [-0.4, -0.2) is 37.1 Å². The van der Waals surface area contributed by atoms with Gasteiger partial charge in [0.15, 0.2) is 9.84 Å². The van der Waals surface area contributed by atoms with Crippen LogP contribution in [0.2, 0.25) is 0 Å². The highest BCUT2D eigenvalue weighted by atomic mass is 32.2. The van der Waals surface area contributed by atoms with Crippen molar-refractivity contribution in [3.63, 3.8) is 0 Å². The number of likely N-dealkylation sites (tertiary alicyclic amines) is 1. The van der Waals surface area contributed by atoms with Gasteiger partial charge in [-0.05, 0) is 50.8 Å². The highest BCUT2D eigenvalue weighted by molar-refractivity contribution is 7.92. The first-order chi connectivity index (χ1) is 15.3. The summed E-state index contributed by atoms with van der Waals surface area (Å²) >= 11 is 0. The summed E-state index contributed by atoms with van der Waals surface area (Å²) in [5.41, 5.74) is 4.08. The molecule has 2 aromatic rings. The average Bonchev–Trinajstić information content (AvgIpc) is 2.79. The number of benzene rings is 2. The molecule has 5 nitrogen and oxygen atoms in total. The number of rotatable bonds is 6. The molecule has 0 aromatic heterocycles. The van der Waals surface area contributed by atoms with E-state index >= 15 is 0 Å². The Bertz CT molecular complexity index is 1080. The maximum atomic E-state index is 13.3. The molecular formula is C24H30F3N2O3S+. The largest absolute Gasteiger partial charge is 0.416 e. The van der Waals surface area contributed by atoms with Crippen LogP contribution in [-0.2, 0) is 20.8 Å². The molecule has 3 rings (SSSR count). The number of carbonyl (C=O) groups is 1. The van der Waals surface area contributed by atoms with Crippen LogP contribution in [0.1, 0.15) is 50.3 Å². The molecule has 0 bridgehead atoms. The molecule has 0 spiro atoms. The van der Waals surface area contributed by atoms with Gasteiger partial charge in [-0.15, -0.1) is 0 Å². The zero-order valence-corrected chi connectivity index (χ0v) is 19.6. The maximum absolute atomic E-state index is 13.3. The summed E-state index contributed by atoms with van der Waals surface area (Å²) in [5, 5.41) is 0. The summed E-state index contributed by atoms with van der Waals surface area (Å²) in [7, 11) is -4.03. The molecule has 1 saturated heterocycles. The lowest BCUT2D eigenvalue weighted by atomic mass is 9.85. The Morgan fingerprint density at radius 3 is 2.24 bits per heavy atom. The molecule has 0 radical (unpaired) electrons. The van der Waals surface area contributed by atoms with Crippen LogP contribution >= 0.6 is 0 Å². The highest BCUT2D eigenvalue weighted by Crippen LogP contribution is 2.39. The van der Waals surface area contributed by atoms with Gasteiger partial charge in [-0.2, -0.15) is 13.2 Å². The van der Waals surface area contributed by atoms with Crippen molar-refractivity contribution >= 4 is 15.7 Å². The number of quaternary nitrogens is 1. The van der Waals surface area contributed by atoms with Gasteiger partial charge in [-0.3, -0.25) is 4.79 Å². The van der Waals surface area contributed by atoms with E-state index in [0.29, 0.717) is 32.0 Å². The van der Waals surface area contributed by atoms with Crippen LogP contribution in [0.25, 0.3) is 0 Å². The predicted molar refractivity (Wildman–Crippen MR) is 119 cm³/mol. The molecule has 3 N–H and O–H groups in total. The van der Waals surface area contributed by atoms with Crippen LogP contribution in [0, 0.1) is 5.92 Å². The topological polar surface area (TPSA) is 82.1 Å². The van der Waals surface area contributed by atoms with E-state index in [1.165, 1.54) is 6.07 Å². The molecule has 33 heavy (non-hydrogen) atoms. The summed E-state index contributed by atoms with van der Waals surface area (Å²) in [4.78, 5) is 14.1. The molecule has 9 heteroatoms. The van der Waals surface area contributed by atoms with Crippen molar-refractivity contribution in [1.82, 2.24) is 4.90 Å². The van der Waals surface area contributed by atoms with Crippen molar-refractivity contribution in [2.45, 2.75) is 55.0 Å². The summed E-state index contributed by atoms with van der Waals surface area (Å²) in [5.74, 6) is -0.318. The third-order valence-corrected chi connectivity index (χ3v) is 9.28. The van der Waals surface area contributed by atoms with E-state index in [2.05, 4.69) is 5.73 Å². The smallest absolute Gasteiger partial charge is 0.351 e. The van der Waals surface area contributed by atoms with E-state index in [0.717, 1.165) is 17.7 Å². The van der Waals surface area contributed by atoms with E-state index in [1.54, 1.807) is 18.7 Å². The number of amides is 1. The van der Waals surface area contributed by atoms with E-state index in [9.17, 15) is 26.4 Å². The molecule has 1 atom stereocenters. The van der Waals surface area contributed by atoms with E-state index in [4.69, 9.17) is 0 Å². The molecule has 1 unspecified atom stereocenters. The van der Waals surface area contributed by atoms with Crippen LogP contribution in [0.15, 0.2) is 59.5 Å². The van der Waals surface area contributed by atoms with Gasteiger partial charge in [-0.1, -0.05) is 36.4 Å². The lowest BCUT2D eigenvalue weighted by molar-refractivity contribution is -0.425. The number of alkyl halides is 3. The Morgan fingerprint density at radius 2 is 1.67 bits per heavy atom. The summed E-state index contributed by atoms with van der Waals surface area (Å²) in [6, 6.07) is 13.3. The number of hydrogen-bond donors (Lipinski definition) is 1. The fourth-order valence-corrected chi connectivity index (χ4v) is 6.19. The van der Waals surface area contributed by atoms with Gasteiger partial charge in [0.1, 0.15) is 6.04 Å². The van der Waals surface area contributed by atoms with Crippen LogP contribution in [0.3, 0.4) is 0 Å². The summed E-state index contributed by atoms with van der Waals surface area (Å²) < 4.78 is 64.6. The zero-order chi connectivity index (χ0) is 24.4. The van der Waals surface area contributed by atoms with E-state index in [-0.39, 0.29) is 29.2 Å². The average molecular weight is 484 g/mol. The quantitative estimate of drug-likeness (QED) is 0.677. The van der Waals surface area contributed by atoms with Crippen LogP contribution in [0.5, 0.6) is 0 Å². The number of hydrogen-bond acceptors (Lipinski definition) is 3. The fraction of sp³-hybridized carbons (Fsp3) is 0.458. The van der Waals surface area contributed by atoms with Crippen molar-refractivity contribution in [2.75, 3.05) is 13.1 Å². The lowest BCUT2D eigenvalue weighted by Gasteiger charge is -2.40. The van der Waals surface area contributed by atoms with Crippen LogP contribution in [0.4, 0.5) is 13.2 Å². The van der Waals surface area contributed by atoms with Gasteiger partial charge in [0.25, 0.3) is 0 Å². The Balaban J connectivity index is 1.67. The molecule has 1 fully saturated rings. The number of sulfone groups is 1. The van der Waals surface area contributed by atoms with Crippen LogP contribution < -0.4 is 5.73 Å². The van der Waals surface area contributed by atoms with Gasteiger partial charge < -0.3 is 10.6 Å². The zero-order valence-electron chi connectivity index (χ0n) is 18.8. The Labute approximate surface area is 192 Å². The molecule has 180 valence electrons. The van der Waals surface area contributed by atoms with Crippen molar-refractivity contribution in [3.8, 4) is 0 Å². The molecule has 1 aliphatic rings. The third kappa shape index (κ3) is 5.41. The van der Waals surface area contributed by atoms with Crippen molar-refractivity contribution < 1.29 is 32.1 Å². The standard InChI is InChI=1S/C24H29F3N2O3S/c1-23(2,33(31,32)20-10-6-9-19(15-20)24(25,26)27)18-11-13-29(14-12-18)22(30)16-21(28)17-7-4-3-5-8-17/h3-10,15,18,21H,11-14,16,28H2,1-2H3/p+1. The molecule has 1 aliphatic heterocycles. The SMILES string of the molecule is CC(C)(C1CCN(C(=O)CC([NH3+])c2ccccc2)CC1)S(=O)(=O)c1cccc(C(F)(F)F)c1.